The number of nitrogens with zero attached hydrogens (tertiary/aromatic N) is 3. The zero-order chi connectivity index (χ0) is 14.8. The van der Waals surface area contributed by atoms with Crippen LogP contribution in [0.25, 0.3) is 0 Å². The Kier molecular flexibility index (Phi) is 4.48. The van der Waals surface area contributed by atoms with Crippen molar-refractivity contribution in [3.63, 3.8) is 0 Å². The molecule has 4 nitrogen and oxygen atoms in total. The van der Waals surface area contributed by atoms with Crippen molar-refractivity contribution in [2.45, 2.75) is 31.3 Å². The fourth-order valence-corrected chi connectivity index (χ4v) is 3.81. The van der Waals surface area contributed by atoms with Crippen LogP contribution in [0.15, 0.2) is 22.7 Å². The van der Waals surface area contributed by atoms with Crippen molar-refractivity contribution < 1.29 is 0 Å². The van der Waals surface area contributed by atoms with E-state index < -0.39 is 0 Å². The highest BCUT2D eigenvalue weighted by atomic mass is 79.9. The summed E-state index contributed by atoms with van der Waals surface area (Å²) in [7, 11) is 0. The Balaban J connectivity index is 1.64. The number of nitriles is 1. The third-order valence-corrected chi connectivity index (χ3v) is 5.35. The molecular formula is C16H21BrN4. The van der Waals surface area contributed by atoms with Gasteiger partial charge in [0, 0.05) is 35.3 Å². The maximum atomic E-state index is 9.00. The van der Waals surface area contributed by atoms with E-state index in [9.17, 15) is 0 Å². The maximum Gasteiger partial charge on any atom is 0.100 e. The molecule has 0 amide bonds. The van der Waals surface area contributed by atoms with E-state index in [4.69, 9.17) is 11.0 Å². The van der Waals surface area contributed by atoms with Crippen LogP contribution in [0.2, 0.25) is 0 Å². The Morgan fingerprint density at radius 3 is 2.62 bits per heavy atom. The number of piperidine rings is 1. The van der Waals surface area contributed by atoms with Gasteiger partial charge in [0.25, 0.3) is 0 Å². The summed E-state index contributed by atoms with van der Waals surface area (Å²) >= 11 is 3.48. The molecule has 1 unspecified atom stereocenters. The van der Waals surface area contributed by atoms with Gasteiger partial charge in [-0.05, 0) is 66.5 Å². The smallest absolute Gasteiger partial charge is 0.100 e. The van der Waals surface area contributed by atoms with Crippen molar-refractivity contribution >= 4 is 21.6 Å². The van der Waals surface area contributed by atoms with Crippen LogP contribution >= 0.6 is 15.9 Å². The zero-order valence-electron chi connectivity index (χ0n) is 12.1. The molecule has 3 rings (SSSR count). The Hall–Kier alpha value is -1.09. The van der Waals surface area contributed by atoms with Crippen LogP contribution < -0.4 is 10.6 Å². The molecule has 2 aliphatic heterocycles. The van der Waals surface area contributed by atoms with Crippen LogP contribution in [0.5, 0.6) is 0 Å². The maximum absolute atomic E-state index is 9.00. The van der Waals surface area contributed by atoms with Crippen molar-refractivity contribution in [2.75, 3.05) is 31.1 Å². The Morgan fingerprint density at radius 2 is 1.95 bits per heavy atom. The van der Waals surface area contributed by atoms with Gasteiger partial charge in [-0.25, -0.2) is 0 Å². The number of nitrogens with two attached hydrogens (primary N) is 1. The fourth-order valence-electron chi connectivity index (χ4n) is 3.35. The van der Waals surface area contributed by atoms with Crippen LogP contribution in [0.1, 0.15) is 24.8 Å². The molecular weight excluding hydrogens is 328 g/mol. The minimum absolute atomic E-state index is 0.397. The van der Waals surface area contributed by atoms with Gasteiger partial charge in [0.05, 0.1) is 5.56 Å². The number of benzene rings is 1. The molecule has 0 aliphatic carbocycles. The molecule has 1 aromatic rings. The second-order valence-corrected chi connectivity index (χ2v) is 6.89. The average Bonchev–Trinajstić information content (AvgIpc) is 2.98. The largest absolute Gasteiger partial charge is 0.370 e. The molecule has 5 heteroatoms. The van der Waals surface area contributed by atoms with E-state index in [-0.39, 0.29) is 0 Å². The highest BCUT2D eigenvalue weighted by Gasteiger charge is 2.30. The second kappa shape index (κ2) is 6.35. The minimum atomic E-state index is 0.397. The number of likely N-dealkylation sites (tertiary alicyclic amines) is 1. The van der Waals surface area contributed by atoms with E-state index in [0.29, 0.717) is 17.6 Å². The molecule has 0 radical (unpaired) electrons. The van der Waals surface area contributed by atoms with E-state index in [1.54, 1.807) is 0 Å². The molecule has 2 aliphatic rings. The third kappa shape index (κ3) is 3.23. The molecule has 2 fully saturated rings. The van der Waals surface area contributed by atoms with Gasteiger partial charge in [-0.3, -0.25) is 4.90 Å². The molecule has 0 saturated carbocycles. The summed E-state index contributed by atoms with van der Waals surface area (Å²) in [5.74, 6) is 0. The summed E-state index contributed by atoms with van der Waals surface area (Å²) in [4.78, 5) is 5.02. The lowest BCUT2D eigenvalue weighted by Gasteiger charge is -2.34. The van der Waals surface area contributed by atoms with Gasteiger partial charge < -0.3 is 10.6 Å². The molecule has 2 saturated heterocycles. The third-order valence-electron chi connectivity index (χ3n) is 4.69. The molecule has 2 heterocycles. The average molecular weight is 349 g/mol. The summed E-state index contributed by atoms with van der Waals surface area (Å²) < 4.78 is 0.884. The van der Waals surface area contributed by atoms with Gasteiger partial charge in [-0.15, -0.1) is 0 Å². The lowest BCUT2D eigenvalue weighted by atomic mass is 10.0. The highest BCUT2D eigenvalue weighted by Crippen LogP contribution is 2.28. The zero-order valence-corrected chi connectivity index (χ0v) is 13.7. The number of rotatable bonds is 2. The SMILES string of the molecule is N#Cc1ccc(N2CCC(N3CCC(N)CC3)C2)cc1Br. The van der Waals surface area contributed by atoms with E-state index in [1.807, 2.05) is 6.07 Å². The summed E-state index contributed by atoms with van der Waals surface area (Å²) in [5, 5.41) is 9.00. The van der Waals surface area contributed by atoms with Crippen molar-refractivity contribution in [1.29, 1.82) is 5.26 Å². The van der Waals surface area contributed by atoms with Crippen LogP contribution in [0, 0.1) is 11.3 Å². The topological polar surface area (TPSA) is 56.3 Å². The normalized spacial score (nSPS) is 24.2. The first-order valence-electron chi connectivity index (χ1n) is 7.61. The minimum Gasteiger partial charge on any atom is -0.370 e. The molecule has 21 heavy (non-hydrogen) atoms. The molecule has 112 valence electrons. The number of hydrogen-bond donors (Lipinski definition) is 1. The Labute approximate surface area is 134 Å². The monoisotopic (exact) mass is 348 g/mol. The van der Waals surface area contributed by atoms with Crippen LogP contribution in [0.4, 0.5) is 5.69 Å². The predicted molar refractivity (Wildman–Crippen MR) is 88.3 cm³/mol. The van der Waals surface area contributed by atoms with Crippen molar-refractivity contribution in [2.24, 2.45) is 5.73 Å². The van der Waals surface area contributed by atoms with Gasteiger partial charge in [0.2, 0.25) is 0 Å². The summed E-state index contributed by atoms with van der Waals surface area (Å²) in [6, 6.07) is 9.25. The predicted octanol–water partition coefficient (Wildman–Crippen LogP) is 2.32. The van der Waals surface area contributed by atoms with E-state index in [0.717, 1.165) is 43.5 Å². The summed E-state index contributed by atoms with van der Waals surface area (Å²) in [6.07, 6.45) is 3.46. The Morgan fingerprint density at radius 1 is 1.19 bits per heavy atom. The van der Waals surface area contributed by atoms with Gasteiger partial charge in [0.15, 0.2) is 0 Å². The van der Waals surface area contributed by atoms with Crippen molar-refractivity contribution in [3.05, 3.63) is 28.2 Å². The molecule has 1 atom stereocenters. The molecule has 0 aromatic heterocycles. The van der Waals surface area contributed by atoms with Gasteiger partial charge >= 0.3 is 0 Å². The quantitative estimate of drug-likeness (QED) is 0.890. The van der Waals surface area contributed by atoms with Crippen LogP contribution in [0.3, 0.4) is 0 Å². The summed E-state index contributed by atoms with van der Waals surface area (Å²) in [5.41, 5.74) is 7.89. The lowest BCUT2D eigenvalue weighted by Crippen LogP contribution is -2.46. The van der Waals surface area contributed by atoms with Gasteiger partial charge in [0.1, 0.15) is 6.07 Å². The molecule has 0 spiro atoms. The van der Waals surface area contributed by atoms with Crippen LogP contribution in [-0.2, 0) is 0 Å². The second-order valence-electron chi connectivity index (χ2n) is 6.04. The van der Waals surface area contributed by atoms with E-state index >= 15 is 0 Å². The van der Waals surface area contributed by atoms with Gasteiger partial charge in [-0.2, -0.15) is 5.26 Å². The first-order chi connectivity index (χ1) is 10.2. The number of hydrogen-bond acceptors (Lipinski definition) is 4. The van der Waals surface area contributed by atoms with Crippen molar-refractivity contribution in [1.82, 2.24) is 4.90 Å². The Bertz CT molecular complexity index is 546. The lowest BCUT2D eigenvalue weighted by molar-refractivity contribution is 0.163. The number of anilines is 1. The standard InChI is InChI=1S/C16H21BrN4/c17-16-9-14(2-1-12(16)10-18)21-8-5-15(11-21)20-6-3-13(19)4-7-20/h1-2,9,13,15H,3-8,11,19H2. The van der Waals surface area contributed by atoms with Crippen LogP contribution in [-0.4, -0.2) is 43.2 Å². The van der Waals surface area contributed by atoms with Crippen molar-refractivity contribution in [3.8, 4) is 6.07 Å². The molecule has 0 bridgehead atoms. The van der Waals surface area contributed by atoms with E-state index in [1.165, 1.54) is 12.1 Å². The first kappa shape index (κ1) is 14.8. The van der Waals surface area contributed by atoms with Gasteiger partial charge in [-0.1, -0.05) is 0 Å². The van der Waals surface area contributed by atoms with E-state index in [2.05, 4.69) is 43.9 Å². The first-order valence-corrected chi connectivity index (χ1v) is 8.41. The summed E-state index contributed by atoms with van der Waals surface area (Å²) in [6.45, 7) is 4.44. The highest BCUT2D eigenvalue weighted by molar-refractivity contribution is 9.10. The fraction of sp³-hybridized carbons (Fsp3) is 0.562. The molecule has 1 aromatic carbocycles. The number of halogens is 1. The molecule has 2 N–H and O–H groups in total.